The summed E-state index contributed by atoms with van der Waals surface area (Å²) in [6, 6.07) is 0. The van der Waals surface area contributed by atoms with Gasteiger partial charge in [-0.25, -0.2) is 9.86 Å². The van der Waals surface area contributed by atoms with Crippen molar-refractivity contribution in [3.63, 3.8) is 0 Å². The summed E-state index contributed by atoms with van der Waals surface area (Å²) in [5.74, 6) is -0.377. The SMILES string of the molecule is C=C(C)C(=O)ON1CCCC1=C. The lowest BCUT2D eigenvalue weighted by Crippen LogP contribution is -2.22. The van der Waals surface area contributed by atoms with Crippen molar-refractivity contribution in [3.05, 3.63) is 24.4 Å². The molecule has 12 heavy (non-hydrogen) atoms. The lowest BCUT2D eigenvalue weighted by atomic mass is 10.3. The first-order valence-corrected chi connectivity index (χ1v) is 3.94. The van der Waals surface area contributed by atoms with Gasteiger partial charge >= 0.3 is 5.97 Å². The van der Waals surface area contributed by atoms with E-state index in [0.717, 1.165) is 25.1 Å². The quantitative estimate of drug-likeness (QED) is 0.585. The van der Waals surface area contributed by atoms with Gasteiger partial charge in [-0.1, -0.05) is 13.2 Å². The van der Waals surface area contributed by atoms with Crippen molar-refractivity contribution < 1.29 is 9.63 Å². The van der Waals surface area contributed by atoms with E-state index in [1.807, 2.05) is 0 Å². The van der Waals surface area contributed by atoms with Gasteiger partial charge in [0.2, 0.25) is 0 Å². The highest BCUT2D eigenvalue weighted by Gasteiger charge is 2.19. The Hall–Kier alpha value is -1.25. The van der Waals surface area contributed by atoms with Crippen molar-refractivity contribution in [2.75, 3.05) is 6.54 Å². The molecular weight excluding hydrogens is 154 g/mol. The smallest absolute Gasteiger partial charge is 0.336 e. The van der Waals surface area contributed by atoms with Crippen LogP contribution in [0, 0.1) is 0 Å². The molecule has 1 aliphatic heterocycles. The van der Waals surface area contributed by atoms with Gasteiger partial charge in [0.05, 0.1) is 6.54 Å². The van der Waals surface area contributed by atoms with E-state index in [9.17, 15) is 4.79 Å². The predicted octanol–water partition coefficient (Wildman–Crippen LogP) is 1.63. The fourth-order valence-electron chi connectivity index (χ4n) is 0.998. The summed E-state index contributed by atoms with van der Waals surface area (Å²) in [5, 5.41) is 1.54. The van der Waals surface area contributed by atoms with E-state index in [-0.39, 0.29) is 5.97 Å². The summed E-state index contributed by atoms with van der Waals surface area (Å²) in [6.45, 7) is 9.63. The maximum Gasteiger partial charge on any atom is 0.358 e. The molecule has 0 aromatic heterocycles. The Labute approximate surface area is 72.3 Å². The molecule has 0 radical (unpaired) electrons. The van der Waals surface area contributed by atoms with E-state index in [1.54, 1.807) is 6.92 Å². The highest BCUT2D eigenvalue weighted by molar-refractivity contribution is 5.86. The zero-order chi connectivity index (χ0) is 9.14. The van der Waals surface area contributed by atoms with Crippen molar-refractivity contribution in [3.8, 4) is 0 Å². The van der Waals surface area contributed by atoms with Crippen molar-refractivity contribution in [1.82, 2.24) is 5.06 Å². The highest BCUT2D eigenvalue weighted by atomic mass is 16.7. The van der Waals surface area contributed by atoms with Crippen LogP contribution in [-0.4, -0.2) is 17.6 Å². The maximum absolute atomic E-state index is 11.0. The van der Waals surface area contributed by atoms with Crippen LogP contribution in [0.15, 0.2) is 24.4 Å². The molecule has 0 saturated carbocycles. The third kappa shape index (κ3) is 1.87. The zero-order valence-electron chi connectivity index (χ0n) is 7.30. The summed E-state index contributed by atoms with van der Waals surface area (Å²) in [5.41, 5.74) is 1.28. The van der Waals surface area contributed by atoms with Crippen LogP contribution in [-0.2, 0) is 9.63 Å². The summed E-state index contributed by atoms with van der Waals surface area (Å²) in [6.07, 6.45) is 1.91. The van der Waals surface area contributed by atoms with Crippen molar-refractivity contribution in [1.29, 1.82) is 0 Å². The minimum absolute atomic E-state index is 0.377. The van der Waals surface area contributed by atoms with Crippen LogP contribution >= 0.6 is 0 Å². The summed E-state index contributed by atoms with van der Waals surface area (Å²) >= 11 is 0. The lowest BCUT2D eigenvalue weighted by molar-refractivity contribution is -0.172. The average molecular weight is 167 g/mol. The van der Waals surface area contributed by atoms with Crippen LogP contribution in [0.5, 0.6) is 0 Å². The second-order valence-electron chi connectivity index (χ2n) is 2.93. The molecule has 0 spiro atoms. The zero-order valence-corrected chi connectivity index (χ0v) is 7.30. The monoisotopic (exact) mass is 167 g/mol. The van der Waals surface area contributed by atoms with Gasteiger partial charge in [-0.2, -0.15) is 0 Å². The number of allylic oxidation sites excluding steroid dienone is 1. The van der Waals surface area contributed by atoms with Crippen LogP contribution < -0.4 is 0 Å². The summed E-state index contributed by atoms with van der Waals surface area (Å²) in [7, 11) is 0. The Morgan fingerprint density at radius 1 is 1.67 bits per heavy atom. The van der Waals surface area contributed by atoms with E-state index >= 15 is 0 Å². The Bertz CT molecular complexity index is 233. The van der Waals surface area contributed by atoms with Gasteiger partial charge in [-0.3, -0.25) is 0 Å². The fourth-order valence-corrected chi connectivity index (χ4v) is 0.998. The molecule has 0 bridgehead atoms. The van der Waals surface area contributed by atoms with Gasteiger partial charge in [0.15, 0.2) is 0 Å². The largest absolute Gasteiger partial charge is 0.358 e. The van der Waals surface area contributed by atoms with Gasteiger partial charge in [-0.15, -0.1) is 0 Å². The van der Waals surface area contributed by atoms with Gasteiger partial charge in [0.25, 0.3) is 0 Å². The van der Waals surface area contributed by atoms with Gasteiger partial charge in [-0.05, 0) is 19.8 Å². The third-order valence-corrected chi connectivity index (χ3v) is 1.72. The Kier molecular flexibility index (Phi) is 2.53. The molecule has 0 aliphatic carbocycles. The number of carbonyl (C=O) groups is 1. The topological polar surface area (TPSA) is 29.5 Å². The molecule has 0 atom stereocenters. The van der Waals surface area contributed by atoms with Crippen LogP contribution in [0.2, 0.25) is 0 Å². The summed E-state index contributed by atoms with van der Waals surface area (Å²) < 4.78 is 0. The highest BCUT2D eigenvalue weighted by Crippen LogP contribution is 2.19. The minimum Gasteiger partial charge on any atom is -0.336 e. The number of hydroxylamine groups is 2. The van der Waals surface area contributed by atoms with E-state index < -0.39 is 0 Å². The molecule has 1 aliphatic rings. The van der Waals surface area contributed by atoms with E-state index in [2.05, 4.69) is 13.2 Å². The minimum atomic E-state index is -0.377. The molecular formula is C9H13NO2. The fraction of sp³-hybridized carbons (Fsp3) is 0.444. The molecule has 3 heteroatoms. The average Bonchev–Trinajstić information content (AvgIpc) is 2.36. The first kappa shape index (κ1) is 8.84. The summed E-state index contributed by atoms with van der Waals surface area (Å²) in [4.78, 5) is 16.0. The predicted molar refractivity (Wildman–Crippen MR) is 46.0 cm³/mol. The number of hydrogen-bond acceptors (Lipinski definition) is 3. The molecule has 1 saturated heterocycles. The van der Waals surface area contributed by atoms with Crippen LogP contribution in [0.4, 0.5) is 0 Å². The van der Waals surface area contributed by atoms with E-state index in [0.29, 0.717) is 5.57 Å². The Morgan fingerprint density at radius 2 is 2.33 bits per heavy atom. The van der Waals surface area contributed by atoms with Crippen molar-refractivity contribution >= 4 is 5.97 Å². The van der Waals surface area contributed by atoms with Crippen LogP contribution in [0.25, 0.3) is 0 Å². The third-order valence-electron chi connectivity index (χ3n) is 1.72. The Morgan fingerprint density at radius 3 is 2.75 bits per heavy atom. The standard InChI is InChI=1S/C9H13NO2/c1-7(2)9(11)12-10-6-4-5-8(10)3/h1,3-6H2,2H3. The molecule has 1 heterocycles. The van der Waals surface area contributed by atoms with Crippen LogP contribution in [0.1, 0.15) is 19.8 Å². The lowest BCUT2D eigenvalue weighted by Gasteiger charge is -2.17. The molecule has 0 aromatic carbocycles. The van der Waals surface area contributed by atoms with Crippen molar-refractivity contribution in [2.45, 2.75) is 19.8 Å². The maximum atomic E-state index is 11.0. The number of hydrogen-bond donors (Lipinski definition) is 0. The first-order valence-electron chi connectivity index (χ1n) is 3.94. The molecule has 0 aromatic rings. The first-order chi connectivity index (χ1) is 5.61. The molecule has 1 rings (SSSR count). The molecule has 66 valence electrons. The number of carbonyl (C=O) groups excluding carboxylic acids is 1. The van der Waals surface area contributed by atoms with E-state index in [4.69, 9.17) is 4.84 Å². The van der Waals surface area contributed by atoms with Crippen LogP contribution in [0.3, 0.4) is 0 Å². The van der Waals surface area contributed by atoms with Gasteiger partial charge in [0, 0.05) is 11.3 Å². The van der Waals surface area contributed by atoms with E-state index in [1.165, 1.54) is 5.06 Å². The number of nitrogens with zero attached hydrogens (tertiary/aromatic N) is 1. The Balaban J connectivity index is 2.46. The molecule has 1 fully saturated rings. The van der Waals surface area contributed by atoms with Gasteiger partial charge < -0.3 is 4.84 Å². The molecule has 0 amide bonds. The number of rotatable bonds is 2. The second-order valence-corrected chi connectivity index (χ2v) is 2.93. The normalized spacial score (nSPS) is 16.4. The van der Waals surface area contributed by atoms with Gasteiger partial charge in [0.1, 0.15) is 0 Å². The molecule has 3 nitrogen and oxygen atoms in total. The molecule has 0 unspecified atom stereocenters. The second kappa shape index (κ2) is 3.43. The molecule has 0 N–H and O–H groups in total. The van der Waals surface area contributed by atoms with Crippen molar-refractivity contribution in [2.24, 2.45) is 0 Å².